The van der Waals surface area contributed by atoms with Crippen molar-refractivity contribution in [1.29, 1.82) is 0 Å². The van der Waals surface area contributed by atoms with E-state index in [-0.39, 0.29) is 0 Å². The van der Waals surface area contributed by atoms with Crippen molar-refractivity contribution in [3.05, 3.63) is 18.7 Å². The highest BCUT2D eigenvalue weighted by Gasteiger charge is 2.34. The third-order valence-electron chi connectivity index (χ3n) is 4.03. The number of anilines is 1. The van der Waals surface area contributed by atoms with Gasteiger partial charge in [0, 0.05) is 57.7 Å². The summed E-state index contributed by atoms with van der Waals surface area (Å²) >= 11 is 0. The van der Waals surface area contributed by atoms with Crippen LogP contribution in [-0.4, -0.2) is 69.8 Å². The molecule has 2 aliphatic rings. The molecular weight excluding hydrogens is 242 g/mol. The molecule has 2 aromatic rings. The summed E-state index contributed by atoms with van der Waals surface area (Å²) in [4.78, 5) is 9.31. The number of piperazine rings is 1. The van der Waals surface area contributed by atoms with Crippen LogP contribution in [0.2, 0.25) is 0 Å². The number of hydrogen-bond donors (Lipinski definition) is 1. The van der Waals surface area contributed by atoms with Crippen LogP contribution in [0.1, 0.15) is 0 Å². The van der Waals surface area contributed by atoms with E-state index in [1.165, 1.54) is 0 Å². The zero-order valence-electron chi connectivity index (χ0n) is 10.7. The van der Waals surface area contributed by atoms with Crippen LogP contribution in [0.3, 0.4) is 0 Å². The molecule has 7 nitrogen and oxygen atoms in total. The summed E-state index contributed by atoms with van der Waals surface area (Å²) in [7, 11) is 0. The lowest BCUT2D eigenvalue weighted by molar-refractivity contribution is 0.147. The van der Waals surface area contributed by atoms with Crippen molar-refractivity contribution in [2.75, 3.05) is 44.2 Å². The van der Waals surface area contributed by atoms with Crippen molar-refractivity contribution >= 4 is 11.5 Å². The van der Waals surface area contributed by atoms with Gasteiger partial charge in [-0.1, -0.05) is 0 Å². The Hall–Kier alpha value is -1.73. The third kappa shape index (κ3) is 1.85. The highest BCUT2D eigenvalue weighted by molar-refractivity contribution is 5.64. The van der Waals surface area contributed by atoms with Gasteiger partial charge in [-0.2, -0.15) is 0 Å². The SMILES string of the molecule is c1cn2cnnc2c(N2CC(N3CCNCC3)C2)n1. The predicted octanol–water partition coefficient (Wildman–Crippen LogP) is -0.782. The molecule has 2 saturated heterocycles. The lowest BCUT2D eigenvalue weighted by atomic mass is 10.1. The first kappa shape index (κ1) is 11.1. The van der Waals surface area contributed by atoms with Crippen molar-refractivity contribution < 1.29 is 0 Å². The molecule has 2 aromatic heterocycles. The quantitative estimate of drug-likeness (QED) is 0.763. The molecule has 4 heterocycles. The minimum atomic E-state index is 0.659. The van der Waals surface area contributed by atoms with Gasteiger partial charge in [-0.15, -0.1) is 10.2 Å². The van der Waals surface area contributed by atoms with Gasteiger partial charge < -0.3 is 10.2 Å². The number of nitrogens with zero attached hydrogens (tertiary/aromatic N) is 6. The highest BCUT2D eigenvalue weighted by atomic mass is 15.4. The van der Waals surface area contributed by atoms with E-state index in [4.69, 9.17) is 0 Å². The second-order valence-corrected chi connectivity index (χ2v) is 5.16. The smallest absolute Gasteiger partial charge is 0.203 e. The molecule has 2 fully saturated rings. The van der Waals surface area contributed by atoms with Gasteiger partial charge in [-0.05, 0) is 0 Å². The van der Waals surface area contributed by atoms with Gasteiger partial charge in [0.1, 0.15) is 6.33 Å². The minimum Gasteiger partial charge on any atom is -0.350 e. The van der Waals surface area contributed by atoms with E-state index in [2.05, 4.69) is 30.3 Å². The van der Waals surface area contributed by atoms with E-state index in [9.17, 15) is 0 Å². The Bertz CT molecular complexity index is 568. The van der Waals surface area contributed by atoms with Crippen LogP contribution in [0.5, 0.6) is 0 Å². The molecule has 1 N–H and O–H groups in total. The number of nitrogens with one attached hydrogen (secondary N) is 1. The Kier molecular flexibility index (Phi) is 2.59. The Morgan fingerprint density at radius 1 is 1.21 bits per heavy atom. The standard InChI is InChI=1S/C12H17N7/c1-4-17(5-2-13-1)10-7-19(8-10)11-12-16-15-9-18(12)6-3-14-11/h3,6,9-10,13H,1-2,4-5,7-8H2. The van der Waals surface area contributed by atoms with Gasteiger partial charge in [0.05, 0.1) is 0 Å². The molecule has 0 bridgehead atoms. The number of hydrogen-bond acceptors (Lipinski definition) is 6. The van der Waals surface area contributed by atoms with Gasteiger partial charge in [0.2, 0.25) is 5.65 Å². The van der Waals surface area contributed by atoms with Crippen molar-refractivity contribution in [2.24, 2.45) is 0 Å². The van der Waals surface area contributed by atoms with Gasteiger partial charge in [0.15, 0.2) is 5.82 Å². The van der Waals surface area contributed by atoms with E-state index in [0.29, 0.717) is 6.04 Å². The monoisotopic (exact) mass is 259 g/mol. The van der Waals surface area contributed by atoms with Crippen molar-refractivity contribution in [3.8, 4) is 0 Å². The molecule has 19 heavy (non-hydrogen) atoms. The van der Waals surface area contributed by atoms with Gasteiger partial charge >= 0.3 is 0 Å². The fourth-order valence-electron chi connectivity index (χ4n) is 2.87. The normalized spacial score (nSPS) is 21.8. The van der Waals surface area contributed by atoms with Crippen LogP contribution in [0.4, 0.5) is 5.82 Å². The van der Waals surface area contributed by atoms with Crippen molar-refractivity contribution in [2.45, 2.75) is 6.04 Å². The van der Waals surface area contributed by atoms with Crippen LogP contribution < -0.4 is 10.2 Å². The number of rotatable bonds is 2. The maximum absolute atomic E-state index is 4.45. The van der Waals surface area contributed by atoms with Crippen LogP contribution >= 0.6 is 0 Å². The van der Waals surface area contributed by atoms with Gasteiger partial charge in [-0.25, -0.2) is 4.98 Å². The molecule has 0 aromatic carbocycles. The highest BCUT2D eigenvalue weighted by Crippen LogP contribution is 2.24. The molecule has 0 spiro atoms. The second-order valence-electron chi connectivity index (χ2n) is 5.16. The zero-order valence-corrected chi connectivity index (χ0v) is 10.7. The summed E-state index contributed by atoms with van der Waals surface area (Å²) < 4.78 is 1.92. The summed E-state index contributed by atoms with van der Waals surface area (Å²) in [6.45, 7) is 6.60. The Labute approximate surface area is 111 Å². The van der Waals surface area contributed by atoms with E-state index in [0.717, 1.165) is 50.7 Å². The molecule has 0 atom stereocenters. The fourth-order valence-corrected chi connectivity index (χ4v) is 2.87. The summed E-state index contributed by atoms with van der Waals surface area (Å²) in [5, 5.41) is 11.5. The van der Waals surface area contributed by atoms with Gasteiger partial charge in [0.25, 0.3) is 0 Å². The van der Waals surface area contributed by atoms with E-state index in [1.54, 1.807) is 6.33 Å². The third-order valence-corrected chi connectivity index (χ3v) is 4.03. The van der Waals surface area contributed by atoms with Crippen LogP contribution in [0.15, 0.2) is 18.7 Å². The second kappa shape index (κ2) is 4.43. The lowest BCUT2D eigenvalue weighted by Crippen LogP contribution is -2.63. The summed E-state index contributed by atoms with van der Waals surface area (Å²) in [5.41, 5.74) is 0.848. The Balaban J connectivity index is 1.49. The average molecular weight is 259 g/mol. The molecule has 4 rings (SSSR count). The molecule has 2 aliphatic heterocycles. The van der Waals surface area contributed by atoms with E-state index in [1.807, 2.05) is 16.8 Å². The molecule has 0 radical (unpaired) electrons. The molecule has 0 amide bonds. The summed E-state index contributed by atoms with van der Waals surface area (Å²) in [6.07, 6.45) is 5.41. The maximum Gasteiger partial charge on any atom is 0.203 e. The number of aromatic nitrogens is 4. The largest absolute Gasteiger partial charge is 0.350 e. The predicted molar refractivity (Wildman–Crippen MR) is 71.2 cm³/mol. The average Bonchev–Trinajstić information content (AvgIpc) is 2.87. The Morgan fingerprint density at radius 3 is 2.89 bits per heavy atom. The molecule has 100 valence electrons. The number of fused-ring (bicyclic) bond motifs is 1. The first-order chi connectivity index (χ1) is 9.42. The zero-order chi connectivity index (χ0) is 12.7. The van der Waals surface area contributed by atoms with E-state index >= 15 is 0 Å². The van der Waals surface area contributed by atoms with Crippen LogP contribution in [-0.2, 0) is 0 Å². The maximum atomic E-state index is 4.45. The first-order valence-electron chi connectivity index (χ1n) is 6.76. The summed E-state index contributed by atoms with van der Waals surface area (Å²) in [6, 6.07) is 0.659. The molecular formula is C12H17N7. The Morgan fingerprint density at radius 2 is 2.05 bits per heavy atom. The molecule has 0 unspecified atom stereocenters. The molecule has 0 saturated carbocycles. The summed E-state index contributed by atoms with van der Waals surface area (Å²) in [5.74, 6) is 0.950. The molecule has 7 heteroatoms. The molecule has 0 aliphatic carbocycles. The van der Waals surface area contributed by atoms with Crippen LogP contribution in [0.25, 0.3) is 5.65 Å². The first-order valence-corrected chi connectivity index (χ1v) is 6.76. The lowest BCUT2D eigenvalue weighted by Gasteiger charge is -2.47. The minimum absolute atomic E-state index is 0.659. The van der Waals surface area contributed by atoms with Crippen molar-refractivity contribution in [3.63, 3.8) is 0 Å². The topological polar surface area (TPSA) is 61.6 Å². The van der Waals surface area contributed by atoms with E-state index < -0.39 is 0 Å². The fraction of sp³-hybridized carbons (Fsp3) is 0.583. The van der Waals surface area contributed by atoms with Crippen molar-refractivity contribution in [1.82, 2.24) is 29.8 Å². The van der Waals surface area contributed by atoms with Gasteiger partial charge in [-0.3, -0.25) is 9.30 Å². The van der Waals surface area contributed by atoms with Crippen LogP contribution in [0, 0.1) is 0 Å².